The summed E-state index contributed by atoms with van der Waals surface area (Å²) < 4.78 is 6.41. The number of hydrogen-bond donors (Lipinski definition) is 5. The molecule has 10 nitrogen and oxygen atoms in total. The lowest BCUT2D eigenvalue weighted by molar-refractivity contribution is -0.254. The summed E-state index contributed by atoms with van der Waals surface area (Å²) in [5, 5.41) is 54.4. The van der Waals surface area contributed by atoms with E-state index in [0.29, 0.717) is 5.69 Å². The highest BCUT2D eigenvalue weighted by molar-refractivity contribution is 5.66. The third-order valence-corrected chi connectivity index (χ3v) is 3.28. The van der Waals surface area contributed by atoms with Crippen molar-refractivity contribution in [1.82, 2.24) is 15.0 Å². The highest BCUT2D eigenvalue weighted by atomic mass is 16.6. The molecular formula is C11H17N3O7. The fourth-order valence-corrected chi connectivity index (χ4v) is 2.09. The summed E-state index contributed by atoms with van der Waals surface area (Å²) in [4.78, 5) is 10.5. The van der Waals surface area contributed by atoms with Gasteiger partial charge in [0.1, 0.15) is 24.4 Å². The van der Waals surface area contributed by atoms with Crippen molar-refractivity contribution in [3.05, 3.63) is 11.9 Å². The summed E-state index contributed by atoms with van der Waals surface area (Å²) in [6, 6.07) is 0. The second kappa shape index (κ2) is 6.45. The van der Waals surface area contributed by atoms with E-state index in [9.17, 15) is 20.1 Å². The maximum absolute atomic E-state index is 10.5. The maximum Gasteiger partial charge on any atom is 0.303 e. The molecule has 1 aromatic rings. The van der Waals surface area contributed by atoms with Crippen LogP contribution >= 0.6 is 0 Å². The van der Waals surface area contributed by atoms with E-state index in [1.54, 1.807) is 0 Å². The first-order chi connectivity index (χ1) is 9.93. The minimum absolute atomic E-state index is 0.118. The van der Waals surface area contributed by atoms with Crippen LogP contribution in [-0.2, 0) is 16.0 Å². The van der Waals surface area contributed by atoms with Crippen LogP contribution in [0.3, 0.4) is 0 Å². The first-order valence-corrected chi connectivity index (χ1v) is 6.37. The number of aliphatic carboxylic acids is 1. The largest absolute Gasteiger partial charge is 0.481 e. The summed E-state index contributed by atoms with van der Waals surface area (Å²) in [5.74, 6) is -0.975. The first kappa shape index (κ1) is 15.8. The Balaban J connectivity index is 2.11. The number of aromatic nitrogens is 3. The molecule has 0 saturated carbocycles. The van der Waals surface area contributed by atoms with Crippen molar-refractivity contribution in [3.63, 3.8) is 0 Å². The molecule has 0 amide bonds. The predicted molar refractivity (Wildman–Crippen MR) is 65.0 cm³/mol. The van der Waals surface area contributed by atoms with Gasteiger partial charge in [0.15, 0.2) is 6.23 Å². The Morgan fingerprint density at radius 2 is 2.00 bits per heavy atom. The van der Waals surface area contributed by atoms with Crippen LogP contribution in [0.2, 0.25) is 0 Å². The second-order valence-corrected chi connectivity index (χ2v) is 4.80. The van der Waals surface area contributed by atoms with Crippen molar-refractivity contribution in [2.45, 2.75) is 43.5 Å². The molecule has 5 atom stereocenters. The summed E-state index contributed by atoms with van der Waals surface area (Å²) >= 11 is 0. The number of rotatable bonds is 5. The lowest BCUT2D eigenvalue weighted by Crippen LogP contribution is -2.56. The molecule has 0 bridgehead atoms. The van der Waals surface area contributed by atoms with Crippen LogP contribution < -0.4 is 0 Å². The molecular weight excluding hydrogens is 286 g/mol. The van der Waals surface area contributed by atoms with E-state index in [2.05, 4.69) is 10.3 Å². The lowest BCUT2D eigenvalue weighted by atomic mass is 9.98. The van der Waals surface area contributed by atoms with Crippen LogP contribution in [0.5, 0.6) is 0 Å². The Labute approximate surface area is 119 Å². The molecule has 21 heavy (non-hydrogen) atoms. The molecule has 0 unspecified atom stereocenters. The van der Waals surface area contributed by atoms with Crippen LogP contribution in [0.4, 0.5) is 0 Å². The van der Waals surface area contributed by atoms with Gasteiger partial charge in [-0.25, -0.2) is 4.68 Å². The molecule has 1 aromatic heterocycles. The quantitative estimate of drug-likeness (QED) is 0.389. The molecule has 1 aliphatic rings. The molecule has 0 radical (unpaired) electrons. The third-order valence-electron chi connectivity index (χ3n) is 3.28. The number of carbonyl (C=O) groups is 1. The van der Waals surface area contributed by atoms with Crippen molar-refractivity contribution in [2.75, 3.05) is 6.61 Å². The zero-order chi connectivity index (χ0) is 15.6. The van der Waals surface area contributed by atoms with Crippen LogP contribution in [0.1, 0.15) is 18.3 Å². The number of ether oxygens (including phenoxy) is 1. The molecule has 10 heteroatoms. The van der Waals surface area contributed by atoms with Gasteiger partial charge in [-0.15, -0.1) is 5.10 Å². The molecule has 1 fully saturated rings. The summed E-state index contributed by atoms with van der Waals surface area (Å²) in [6.07, 6.45) is -5.16. The Hall–Kier alpha value is -1.59. The van der Waals surface area contributed by atoms with Crippen LogP contribution in [0.15, 0.2) is 6.20 Å². The topological polar surface area (TPSA) is 158 Å². The number of aliphatic hydroxyl groups excluding tert-OH is 4. The van der Waals surface area contributed by atoms with Gasteiger partial charge in [-0.1, -0.05) is 5.21 Å². The van der Waals surface area contributed by atoms with Gasteiger partial charge in [-0.3, -0.25) is 4.79 Å². The van der Waals surface area contributed by atoms with Gasteiger partial charge < -0.3 is 30.3 Å². The monoisotopic (exact) mass is 303 g/mol. The Morgan fingerprint density at radius 3 is 2.62 bits per heavy atom. The van der Waals surface area contributed by atoms with Gasteiger partial charge in [-0.05, 0) is 0 Å². The summed E-state index contributed by atoms with van der Waals surface area (Å²) in [5.41, 5.74) is 0.384. The van der Waals surface area contributed by atoms with Gasteiger partial charge in [-0.2, -0.15) is 0 Å². The molecule has 1 aliphatic heterocycles. The highest BCUT2D eigenvalue weighted by Crippen LogP contribution is 2.27. The maximum atomic E-state index is 10.5. The molecule has 0 spiro atoms. The van der Waals surface area contributed by atoms with Crippen LogP contribution in [0, 0.1) is 0 Å². The van der Waals surface area contributed by atoms with Crippen LogP contribution in [-0.4, -0.2) is 77.5 Å². The Bertz CT molecular complexity index is 492. The van der Waals surface area contributed by atoms with Crippen molar-refractivity contribution < 1.29 is 35.1 Å². The van der Waals surface area contributed by atoms with Crippen molar-refractivity contribution in [2.24, 2.45) is 0 Å². The molecule has 2 heterocycles. The van der Waals surface area contributed by atoms with E-state index in [4.69, 9.17) is 14.9 Å². The minimum Gasteiger partial charge on any atom is -0.481 e. The van der Waals surface area contributed by atoms with E-state index < -0.39 is 43.2 Å². The van der Waals surface area contributed by atoms with E-state index >= 15 is 0 Å². The summed E-state index contributed by atoms with van der Waals surface area (Å²) in [7, 11) is 0. The lowest BCUT2D eigenvalue weighted by Gasteiger charge is -2.39. The standard InChI is InChI=1S/C11H17N3O7/c15-4-6-8(18)9(19)10(20)11(21-6)14-3-5(12-13-14)1-2-7(16)17/h3,6,8-11,15,18-20H,1-2,4H2,(H,16,17)/t6-,8-,9+,10-,11-/m1/s1. The van der Waals surface area contributed by atoms with Crippen LogP contribution in [0.25, 0.3) is 0 Å². The SMILES string of the molecule is O=C(O)CCc1cn([C@@H]2O[C@H](CO)[C@@H](O)[C@H](O)[C@H]2O)nn1. The average molecular weight is 303 g/mol. The van der Waals surface area contributed by atoms with Gasteiger partial charge in [0.05, 0.1) is 24.9 Å². The molecule has 1 saturated heterocycles. The van der Waals surface area contributed by atoms with Gasteiger partial charge in [0.2, 0.25) is 0 Å². The second-order valence-electron chi connectivity index (χ2n) is 4.80. The number of aryl methyl sites for hydroxylation is 1. The molecule has 0 aliphatic carbocycles. The Morgan fingerprint density at radius 1 is 1.29 bits per heavy atom. The zero-order valence-corrected chi connectivity index (χ0v) is 11.0. The first-order valence-electron chi connectivity index (χ1n) is 6.37. The van der Waals surface area contributed by atoms with E-state index in [1.807, 2.05) is 0 Å². The number of carboxylic acid groups (broad SMARTS) is 1. The smallest absolute Gasteiger partial charge is 0.303 e. The van der Waals surface area contributed by atoms with E-state index in [-0.39, 0.29) is 12.8 Å². The number of aliphatic hydroxyl groups is 4. The number of nitrogens with zero attached hydrogens (tertiary/aromatic N) is 3. The normalized spacial score (nSPS) is 33.0. The van der Waals surface area contributed by atoms with Crippen molar-refractivity contribution in [1.29, 1.82) is 0 Å². The van der Waals surface area contributed by atoms with Crippen molar-refractivity contribution in [3.8, 4) is 0 Å². The zero-order valence-electron chi connectivity index (χ0n) is 11.0. The average Bonchev–Trinajstić information content (AvgIpc) is 2.92. The minimum atomic E-state index is -1.51. The number of carboxylic acids is 1. The van der Waals surface area contributed by atoms with Gasteiger partial charge in [0.25, 0.3) is 0 Å². The van der Waals surface area contributed by atoms with E-state index in [1.165, 1.54) is 6.20 Å². The Kier molecular flexibility index (Phi) is 4.85. The third kappa shape index (κ3) is 3.36. The number of hydrogen-bond acceptors (Lipinski definition) is 8. The predicted octanol–water partition coefficient (Wildman–Crippen LogP) is -2.73. The van der Waals surface area contributed by atoms with Gasteiger partial charge in [0, 0.05) is 6.42 Å². The summed E-state index contributed by atoms with van der Waals surface area (Å²) in [6.45, 7) is -0.540. The van der Waals surface area contributed by atoms with Crippen molar-refractivity contribution >= 4 is 5.97 Å². The molecule has 5 N–H and O–H groups in total. The molecule has 2 rings (SSSR count). The molecule has 118 valence electrons. The fraction of sp³-hybridized carbons (Fsp3) is 0.727. The van der Waals surface area contributed by atoms with Gasteiger partial charge >= 0.3 is 5.97 Å². The van der Waals surface area contributed by atoms with E-state index in [0.717, 1.165) is 4.68 Å². The highest BCUT2D eigenvalue weighted by Gasteiger charge is 2.44. The fourth-order valence-electron chi connectivity index (χ4n) is 2.09. The molecule has 0 aromatic carbocycles.